The quantitative estimate of drug-likeness (QED) is 0.838. The largest absolute Gasteiger partial charge is 0.324 e. The van der Waals surface area contributed by atoms with Crippen LogP contribution in [0.5, 0.6) is 0 Å². The minimum absolute atomic E-state index is 0.0742. The molecule has 1 aromatic carbocycles. The maximum absolute atomic E-state index is 12.0. The Hall–Kier alpha value is -1.35. The SMILES string of the molecule is CCc1ccc2c(c1)C(NC(CC)CC)C(=O)N2. The van der Waals surface area contributed by atoms with E-state index in [4.69, 9.17) is 0 Å². The van der Waals surface area contributed by atoms with E-state index in [0.717, 1.165) is 30.5 Å². The molecule has 0 saturated heterocycles. The molecule has 0 fully saturated rings. The minimum Gasteiger partial charge on any atom is -0.324 e. The van der Waals surface area contributed by atoms with Crippen LogP contribution in [0.3, 0.4) is 0 Å². The van der Waals surface area contributed by atoms with E-state index in [1.165, 1.54) is 5.56 Å². The van der Waals surface area contributed by atoms with Crippen LogP contribution in [0, 0.1) is 0 Å². The molecule has 1 aliphatic heterocycles. The van der Waals surface area contributed by atoms with Crippen molar-refractivity contribution in [1.29, 1.82) is 0 Å². The molecular formula is C15H22N2O. The van der Waals surface area contributed by atoms with Crippen molar-refractivity contribution in [2.24, 2.45) is 0 Å². The molecule has 1 aliphatic rings. The molecule has 1 heterocycles. The molecule has 0 aliphatic carbocycles. The van der Waals surface area contributed by atoms with Gasteiger partial charge in [0.1, 0.15) is 6.04 Å². The van der Waals surface area contributed by atoms with Crippen LogP contribution in [0.1, 0.15) is 50.8 Å². The first-order valence-corrected chi connectivity index (χ1v) is 6.89. The summed E-state index contributed by atoms with van der Waals surface area (Å²) in [6.45, 7) is 6.43. The van der Waals surface area contributed by atoms with Crippen molar-refractivity contribution in [2.75, 3.05) is 5.32 Å². The third-order valence-corrected chi connectivity index (χ3v) is 3.74. The summed E-state index contributed by atoms with van der Waals surface area (Å²) in [6, 6.07) is 6.46. The Morgan fingerprint density at radius 3 is 2.61 bits per heavy atom. The number of hydrogen-bond acceptors (Lipinski definition) is 2. The highest BCUT2D eigenvalue weighted by Gasteiger charge is 2.31. The number of carbonyl (C=O) groups excluding carboxylic acids is 1. The molecule has 0 aromatic heterocycles. The summed E-state index contributed by atoms with van der Waals surface area (Å²) < 4.78 is 0. The topological polar surface area (TPSA) is 41.1 Å². The fourth-order valence-electron chi connectivity index (χ4n) is 2.46. The maximum atomic E-state index is 12.0. The van der Waals surface area contributed by atoms with Crippen LogP contribution in [0.4, 0.5) is 5.69 Å². The average Bonchev–Trinajstić information content (AvgIpc) is 2.70. The lowest BCUT2D eigenvalue weighted by molar-refractivity contribution is -0.117. The van der Waals surface area contributed by atoms with Crippen LogP contribution in [-0.2, 0) is 11.2 Å². The van der Waals surface area contributed by atoms with Gasteiger partial charge in [-0.15, -0.1) is 0 Å². The van der Waals surface area contributed by atoms with Crippen molar-refractivity contribution in [3.05, 3.63) is 29.3 Å². The molecule has 0 radical (unpaired) electrons. The van der Waals surface area contributed by atoms with Crippen molar-refractivity contribution < 1.29 is 4.79 Å². The normalized spacial score (nSPS) is 18.0. The predicted octanol–water partition coefficient (Wildman–Crippen LogP) is 3.02. The second-order valence-corrected chi connectivity index (χ2v) is 4.88. The van der Waals surface area contributed by atoms with E-state index in [1.54, 1.807) is 0 Å². The lowest BCUT2D eigenvalue weighted by atomic mass is 10.0. The summed E-state index contributed by atoms with van der Waals surface area (Å²) >= 11 is 0. The molecule has 3 heteroatoms. The molecule has 1 amide bonds. The summed E-state index contributed by atoms with van der Waals surface area (Å²) in [7, 11) is 0. The highest BCUT2D eigenvalue weighted by molar-refractivity contribution is 6.02. The maximum Gasteiger partial charge on any atom is 0.246 e. The third kappa shape index (κ3) is 2.41. The predicted molar refractivity (Wildman–Crippen MR) is 74.7 cm³/mol. The Balaban J connectivity index is 2.25. The van der Waals surface area contributed by atoms with Crippen molar-refractivity contribution in [3.8, 4) is 0 Å². The molecule has 1 aromatic rings. The standard InChI is InChI=1S/C15H22N2O/c1-4-10-7-8-13-12(9-10)14(15(18)17-13)16-11(5-2)6-3/h7-9,11,14,16H,4-6H2,1-3H3,(H,17,18). The Bertz CT molecular complexity index is 438. The summed E-state index contributed by atoms with van der Waals surface area (Å²) in [6.07, 6.45) is 3.09. The van der Waals surface area contributed by atoms with Crippen molar-refractivity contribution in [2.45, 2.75) is 52.1 Å². The zero-order valence-corrected chi connectivity index (χ0v) is 11.4. The van der Waals surface area contributed by atoms with Gasteiger partial charge < -0.3 is 5.32 Å². The van der Waals surface area contributed by atoms with Crippen molar-refractivity contribution in [3.63, 3.8) is 0 Å². The number of aryl methyl sites for hydroxylation is 1. The zero-order chi connectivity index (χ0) is 13.1. The van der Waals surface area contributed by atoms with Crippen LogP contribution in [-0.4, -0.2) is 11.9 Å². The second kappa shape index (κ2) is 5.53. The summed E-state index contributed by atoms with van der Waals surface area (Å²) in [5.41, 5.74) is 3.34. The number of nitrogens with one attached hydrogen (secondary N) is 2. The Morgan fingerprint density at radius 2 is 2.00 bits per heavy atom. The summed E-state index contributed by atoms with van der Waals surface area (Å²) in [5.74, 6) is 0.0742. The zero-order valence-electron chi connectivity index (χ0n) is 11.4. The lowest BCUT2D eigenvalue weighted by Gasteiger charge is -2.19. The van der Waals surface area contributed by atoms with Crippen LogP contribution in [0.2, 0.25) is 0 Å². The first kappa shape index (κ1) is 13.1. The highest BCUT2D eigenvalue weighted by Crippen LogP contribution is 2.32. The van der Waals surface area contributed by atoms with Gasteiger partial charge in [-0.1, -0.05) is 32.9 Å². The molecule has 2 rings (SSSR count). The van der Waals surface area contributed by atoms with E-state index in [0.29, 0.717) is 6.04 Å². The van der Waals surface area contributed by atoms with E-state index in [-0.39, 0.29) is 11.9 Å². The Morgan fingerprint density at radius 1 is 1.28 bits per heavy atom. The van der Waals surface area contributed by atoms with E-state index in [2.05, 4.69) is 43.5 Å². The first-order chi connectivity index (χ1) is 8.69. The Labute approximate surface area is 109 Å². The van der Waals surface area contributed by atoms with Gasteiger partial charge >= 0.3 is 0 Å². The van der Waals surface area contributed by atoms with Crippen molar-refractivity contribution >= 4 is 11.6 Å². The molecule has 0 saturated carbocycles. The first-order valence-electron chi connectivity index (χ1n) is 6.89. The molecule has 3 nitrogen and oxygen atoms in total. The fourth-order valence-corrected chi connectivity index (χ4v) is 2.46. The van der Waals surface area contributed by atoms with E-state index in [1.807, 2.05) is 6.07 Å². The van der Waals surface area contributed by atoms with E-state index in [9.17, 15) is 4.79 Å². The molecule has 18 heavy (non-hydrogen) atoms. The molecule has 0 bridgehead atoms. The number of carbonyl (C=O) groups is 1. The molecule has 98 valence electrons. The molecule has 0 spiro atoms. The fraction of sp³-hybridized carbons (Fsp3) is 0.533. The van der Waals surface area contributed by atoms with Gasteiger partial charge in [-0.2, -0.15) is 0 Å². The van der Waals surface area contributed by atoms with Gasteiger partial charge in [0.15, 0.2) is 0 Å². The van der Waals surface area contributed by atoms with Gasteiger partial charge in [-0.25, -0.2) is 0 Å². The van der Waals surface area contributed by atoms with Crippen LogP contribution < -0.4 is 10.6 Å². The number of amides is 1. The highest BCUT2D eigenvalue weighted by atomic mass is 16.2. The van der Waals surface area contributed by atoms with Crippen LogP contribution in [0.25, 0.3) is 0 Å². The number of fused-ring (bicyclic) bond motifs is 1. The summed E-state index contributed by atoms with van der Waals surface area (Å²) in [4.78, 5) is 12.0. The second-order valence-electron chi connectivity index (χ2n) is 4.88. The lowest BCUT2D eigenvalue weighted by Crippen LogP contribution is -2.35. The Kier molecular flexibility index (Phi) is 4.02. The van der Waals surface area contributed by atoms with Gasteiger partial charge in [0.25, 0.3) is 0 Å². The average molecular weight is 246 g/mol. The number of hydrogen-bond donors (Lipinski definition) is 2. The number of benzene rings is 1. The third-order valence-electron chi connectivity index (χ3n) is 3.74. The van der Waals surface area contributed by atoms with Crippen LogP contribution in [0.15, 0.2) is 18.2 Å². The van der Waals surface area contributed by atoms with Gasteiger partial charge in [0.2, 0.25) is 5.91 Å². The van der Waals surface area contributed by atoms with Gasteiger partial charge in [-0.05, 0) is 30.9 Å². The monoisotopic (exact) mass is 246 g/mol. The summed E-state index contributed by atoms with van der Waals surface area (Å²) in [5, 5.41) is 6.41. The number of anilines is 1. The van der Waals surface area contributed by atoms with Crippen LogP contribution >= 0.6 is 0 Å². The molecule has 1 atom stereocenters. The number of rotatable bonds is 5. The smallest absolute Gasteiger partial charge is 0.246 e. The van der Waals surface area contributed by atoms with Crippen molar-refractivity contribution in [1.82, 2.24) is 5.32 Å². The van der Waals surface area contributed by atoms with Gasteiger partial charge in [0, 0.05) is 17.3 Å². The molecule has 1 unspecified atom stereocenters. The van der Waals surface area contributed by atoms with E-state index < -0.39 is 0 Å². The minimum atomic E-state index is -0.184. The molecule has 2 N–H and O–H groups in total. The molecular weight excluding hydrogens is 224 g/mol. The van der Waals surface area contributed by atoms with Gasteiger partial charge in [0.05, 0.1) is 0 Å². The van der Waals surface area contributed by atoms with E-state index >= 15 is 0 Å². The van der Waals surface area contributed by atoms with Gasteiger partial charge in [-0.3, -0.25) is 10.1 Å².